The minimum absolute atomic E-state index is 0.00282. The number of carbonyl (C=O) groups is 1. The molecule has 1 rings (SSSR count). The summed E-state index contributed by atoms with van der Waals surface area (Å²) in [6, 6.07) is 8.83. The van der Waals surface area contributed by atoms with Crippen LogP contribution in [0.15, 0.2) is 30.3 Å². The predicted octanol–water partition coefficient (Wildman–Crippen LogP) is -0.0736. The summed E-state index contributed by atoms with van der Waals surface area (Å²) in [5.41, 5.74) is 10.5. The third kappa shape index (κ3) is 1.62. The maximum Gasteiger partial charge on any atom is 0.316 e. The van der Waals surface area contributed by atoms with E-state index in [1.165, 1.54) is 0 Å². The van der Waals surface area contributed by atoms with E-state index in [9.17, 15) is 4.79 Å². The van der Waals surface area contributed by atoms with Crippen LogP contribution in [0.3, 0.4) is 0 Å². The number of rotatable bonds is 4. The Hall–Kier alpha value is -1.39. The molecule has 1 aromatic rings. The molecular formula is C10H14N2O2. The number of benzene rings is 1. The number of aliphatic carboxylic acids is 1. The third-order valence-electron chi connectivity index (χ3n) is 2.43. The van der Waals surface area contributed by atoms with E-state index in [0.717, 1.165) is 0 Å². The van der Waals surface area contributed by atoms with Crippen LogP contribution in [0.4, 0.5) is 0 Å². The first-order valence-electron chi connectivity index (χ1n) is 4.36. The lowest BCUT2D eigenvalue weighted by atomic mass is 9.80. The van der Waals surface area contributed by atoms with E-state index in [1.807, 2.05) is 6.07 Å². The van der Waals surface area contributed by atoms with E-state index >= 15 is 0 Å². The Bertz CT molecular complexity index is 307. The zero-order valence-corrected chi connectivity index (χ0v) is 7.81. The topological polar surface area (TPSA) is 89.3 Å². The smallest absolute Gasteiger partial charge is 0.316 e. The van der Waals surface area contributed by atoms with Crippen LogP contribution in [-0.4, -0.2) is 24.2 Å². The van der Waals surface area contributed by atoms with Crippen molar-refractivity contribution in [1.82, 2.24) is 0 Å². The molecule has 5 N–H and O–H groups in total. The largest absolute Gasteiger partial charge is 0.481 e. The van der Waals surface area contributed by atoms with Gasteiger partial charge in [-0.15, -0.1) is 0 Å². The Balaban J connectivity index is 3.18. The van der Waals surface area contributed by atoms with Gasteiger partial charge in [-0.25, -0.2) is 0 Å². The Labute approximate surface area is 82.5 Å². The van der Waals surface area contributed by atoms with Crippen molar-refractivity contribution in [3.63, 3.8) is 0 Å². The van der Waals surface area contributed by atoms with Crippen LogP contribution in [0.5, 0.6) is 0 Å². The normalized spacial score (nSPS) is 11.3. The van der Waals surface area contributed by atoms with Crippen molar-refractivity contribution in [2.45, 2.75) is 5.41 Å². The van der Waals surface area contributed by atoms with Crippen LogP contribution < -0.4 is 11.5 Å². The van der Waals surface area contributed by atoms with E-state index in [4.69, 9.17) is 16.6 Å². The molecule has 0 amide bonds. The van der Waals surface area contributed by atoms with Crippen molar-refractivity contribution < 1.29 is 9.90 Å². The Morgan fingerprint density at radius 3 is 2.07 bits per heavy atom. The van der Waals surface area contributed by atoms with Gasteiger partial charge in [0.2, 0.25) is 0 Å². The fraction of sp³-hybridized carbons (Fsp3) is 0.300. The van der Waals surface area contributed by atoms with Crippen molar-refractivity contribution in [3.05, 3.63) is 35.9 Å². The first kappa shape index (κ1) is 10.7. The highest BCUT2D eigenvalue weighted by atomic mass is 16.4. The fourth-order valence-corrected chi connectivity index (χ4v) is 1.37. The summed E-state index contributed by atoms with van der Waals surface area (Å²) in [7, 11) is 0. The molecule has 0 spiro atoms. The summed E-state index contributed by atoms with van der Waals surface area (Å²) >= 11 is 0. The number of hydrogen-bond donors (Lipinski definition) is 3. The van der Waals surface area contributed by atoms with Crippen LogP contribution in [0.2, 0.25) is 0 Å². The highest BCUT2D eigenvalue weighted by Gasteiger charge is 2.37. The molecule has 0 fully saturated rings. The third-order valence-corrected chi connectivity index (χ3v) is 2.43. The second-order valence-corrected chi connectivity index (χ2v) is 3.16. The van der Waals surface area contributed by atoms with Gasteiger partial charge in [0.25, 0.3) is 0 Å². The lowest BCUT2D eigenvalue weighted by Crippen LogP contribution is -2.48. The van der Waals surface area contributed by atoms with E-state index < -0.39 is 11.4 Å². The number of carboxylic acids is 1. The van der Waals surface area contributed by atoms with E-state index in [0.29, 0.717) is 5.56 Å². The predicted molar refractivity (Wildman–Crippen MR) is 53.9 cm³/mol. The first-order valence-corrected chi connectivity index (χ1v) is 4.36. The van der Waals surface area contributed by atoms with Crippen LogP contribution in [0.25, 0.3) is 0 Å². The summed E-state index contributed by atoms with van der Waals surface area (Å²) < 4.78 is 0. The van der Waals surface area contributed by atoms with Crippen molar-refractivity contribution >= 4 is 5.97 Å². The minimum Gasteiger partial charge on any atom is -0.481 e. The maximum atomic E-state index is 11.1. The molecule has 0 aliphatic heterocycles. The average Bonchev–Trinajstić information content (AvgIpc) is 2.22. The van der Waals surface area contributed by atoms with E-state index in [2.05, 4.69) is 0 Å². The van der Waals surface area contributed by atoms with Crippen LogP contribution in [0, 0.1) is 0 Å². The van der Waals surface area contributed by atoms with Crippen LogP contribution in [0.1, 0.15) is 5.56 Å². The summed E-state index contributed by atoms with van der Waals surface area (Å²) in [5, 5.41) is 9.12. The maximum absolute atomic E-state index is 11.1. The lowest BCUT2D eigenvalue weighted by molar-refractivity contribution is -0.143. The summed E-state index contributed by atoms with van der Waals surface area (Å²) in [6.07, 6.45) is 0. The molecule has 76 valence electrons. The first-order chi connectivity index (χ1) is 6.67. The monoisotopic (exact) mass is 194 g/mol. The van der Waals surface area contributed by atoms with Crippen LogP contribution in [-0.2, 0) is 10.2 Å². The molecular weight excluding hydrogens is 180 g/mol. The molecule has 0 radical (unpaired) electrons. The molecule has 1 aromatic carbocycles. The molecule has 0 atom stereocenters. The van der Waals surface area contributed by atoms with Gasteiger partial charge in [-0.1, -0.05) is 30.3 Å². The molecule has 4 heteroatoms. The average molecular weight is 194 g/mol. The molecule has 0 bridgehead atoms. The molecule has 0 aliphatic rings. The van der Waals surface area contributed by atoms with Crippen molar-refractivity contribution in [2.24, 2.45) is 11.5 Å². The van der Waals surface area contributed by atoms with Gasteiger partial charge in [0.1, 0.15) is 5.41 Å². The van der Waals surface area contributed by atoms with E-state index in [-0.39, 0.29) is 13.1 Å². The van der Waals surface area contributed by atoms with Gasteiger partial charge in [-0.3, -0.25) is 4.79 Å². The molecule has 4 nitrogen and oxygen atoms in total. The zero-order valence-electron chi connectivity index (χ0n) is 7.81. The summed E-state index contributed by atoms with van der Waals surface area (Å²) in [4.78, 5) is 11.1. The molecule has 14 heavy (non-hydrogen) atoms. The number of nitrogens with two attached hydrogens (primary N) is 2. The number of hydrogen-bond acceptors (Lipinski definition) is 3. The van der Waals surface area contributed by atoms with Gasteiger partial charge >= 0.3 is 5.97 Å². The van der Waals surface area contributed by atoms with Crippen molar-refractivity contribution in [3.8, 4) is 0 Å². The highest BCUT2D eigenvalue weighted by Crippen LogP contribution is 2.21. The zero-order chi connectivity index (χ0) is 10.6. The van der Waals surface area contributed by atoms with Gasteiger partial charge in [0.05, 0.1) is 0 Å². The lowest BCUT2D eigenvalue weighted by Gasteiger charge is -2.26. The van der Waals surface area contributed by atoms with Gasteiger partial charge < -0.3 is 16.6 Å². The highest BCUT2D eigenvalue weighted by molar-refractivity contribution is 5.82. The van der Waals surface area contributed by atoms with Crippen molar-refractivity contribution in [2.75, 3.05) is 13.1 Å². The molecule has 0 saturated carbocycles. The molecule has 0 aliphatic carbocycles. The number of carboxylic acid groups (broad SMARTS) is 1. The second-order valence-electron chi connectivity index (χ2n) is 3.16. The van der Waals surface area contributed by atoms with Crippen molar-refractivity contribution in [1.29, 1.82) is 0 Å². The van der Waals surface area contributed by atoms with Gasteiger partial charge in [-0.05, 0) is 5.56 Å². The summed E-state index contributed by atoms with van der Waals surface area (Å²) in [6.45, 7) is 0.00565. The van der Waals surface area contributed by atoms with Gasteiger partial charge in [0.15, 0.2) is 0 Å². The van der Waals surface area contributed by atoms with Gasteiger partial charge in [0, 0.05) is 13.1 Å². The Morgan fingerprint density at radius 2 is 1.71 bits per heavy atom. The molecule has 0 aromatic heterocycles. The SMILES string of the molecule is NCC(CN)(C(=O)O)c1ccccc1. The second kappa shape index (κ2) is 4.21. The Kier molecular flexibility index (Phi) is 3.22. The Morgan fingerprint density at radius 1 is 1.21 bits per heavy atom. The van der Waals surface area contributed by atoms with E-state index in [1.54, 1.807) is 24.3 Å². The molecule has 0 heterocycles. The van der Waals surface area contributed by atoms with Crippen LogP contribution >= 0.6 is 0 Å². The quantitative estimate of drug-likeness (QED) is 0.625. The molecule has 0 saturated heterocycles. The summed E-state index contributed by atoms with van der Waals surface area (Å²) in [5.74, 6) is -0.978. The minimum atomic E-state index is -1.15. The molecule has 0 unspecified atom stereocenters. The van der Waals surface area contributed by atoms with Gasteiger partial charge in [-0.2, -0.15) is 0 Å². The fourth-order valence-electron chi connectivity index (χ4n) is 1.37. The standard InChI is InChI=1S/C10H14N2O2/c11-6-10(7-12,9(13)14)8-4-2-1-3-5-8/h1-5H,6-7,11-12H2,(H,13,14).